The quantitative estimate of drug-likeness (QED) is 0.274. The van der Waals surface area contributed by atoms with Crippen LogP contribution >= 0.6 is 0 Å². The van der Waals surface area contributed by atoms with Crippen molar-refractivity contribution in [2.45, 2.75) is 13.8 Å². The van der Waals surface area contributed by atoms with Gasteiger partial charge in [0.05, 0.1) is 6.61 Å². The van der Waals surface area contributed by atoms with Gasteiger partial charge in [0.1, 0.15) is 6.29 Å². The second-order valence-corrected chi connectivity index (χ2v) is 2.14. The van der Waals surface area contributed by atoms with E-state index in [2.05, 4.69) is 4.74 Å². The summed E-state index contributed by atoms with van der Waals surface area (Å²) in [5, 5.41) is 0. The van der Waals surface area contributed by atoms with E-state index in [-0.39, 0.29) is 5.97 Å². The van der Waals surface area contributed by atoms with Gasteiger partial charge in [-0.3, -0.25) is 4.79 Å². The number of hydrogen-bond acceptors (Lipinski definition) is 3. The molecular formula is C9H12O3. The molecule has 12 heavy (non-hydrogen) atoms. The summed E-state index contributed by atoms with van der Waals surface area (Å²) < 4.78 is 4.65. The van der Waals surface area contributed by atoms with Gasteiger partial charge >= 0.3 is 5.97 Å². The predicted molar refractivity (Wildman–Crippen MR) is 45.6 cm³/mol. The Morgan fingerprint density at radius 3 is 2.67 bits per heavy atom. The Morgan fingerprint density at radius 2 is 2.17 bits per heavy atom. The third-order valence-corrected chi connectivity index (χ3v) is 1.07. The van der Waals surface area contributed by atoms with Crippen LogP contribution in [0, 0.1) is 0 Å². The molecule has 0 aromatic carbocycles. The lowest BCUT2D eigenvalue weighted by atomic mass is 10.2. The van der Waals surface area contributed by atoms with Gasteiger partial charge in [-0.15, -0.1) is 0 Å². The summed E-state index contributed by atoms with van der Waals surface area (Å²) in [6.45, 7) is 3.82. The van der Waals surface area contributed by atoms with Crippen LogP contribution in [-0.2, 0) is 14.3 Å². The molecule has 0 spiro atoms. The number of esters is 1. The Balaban J connectivity index is 4.05. The van der Waals surface area contributed by atoms with Crippen LogP contribution in [0.5, 0.6) is 0 Å². The minimum atomic E-state index is -0.384. The highest BCUT2D eigenvalue weighted by molar-refractivity contribution is 5.83. The molecule has 0 aromatic heterocycles. The molecule has 0 radical (unpaired) electrons. The Hall–Kier alpha value is -1.38. The number of hydrogen-bond donors (Lipinski definition) is 0. The number of aldehydes is 1. The van der Waals surface area contributed by atoms with Gasteiger partial charge < -0.3 is 4.74 Å². The Bertz CT molecular complexity index is 214. The van der Waals surface area contributed by atoms with E-state index in [1.165, 1.54) is 12.2 Å². The normalized spacial score (nSPS) is 11.7. The van der Waals surface area contributed by atoms with Crippen LogP contribution in [0.1, 0.15) is 13.8 Å². The van der Waals surface area contributed by atoms with E-state index in [1.807, 2.05) is 0 Å². The lowest BCUT2D eigenvalue weighted by molar-refractivity contribution is -0.137. The van der Waals surface area contributed by atoms with Crippen molar-refractivity contribution in [2.24, 2.45) is 0 Å². The number of carbonyl (C=O) groups is 2. The molecule has 0 aromatic rings. The van der Waals surface area contributed by atoms with Gasteiger partial charge in [0.2, 0.25) is 0 Å². The topological polar surface area (TPSA) is 43.4 Å². The second-order valence-electron chi connectivity index (χ2n) is 2.14. The molecule has 0 bridgehead atoms. The van der Waals surface area contributed by atoms with Gasteiger partial charge in [-0.2, -0.15) is 0 Å². The number of allylic oxidation sites excluding steroid dienone is 3. The van der Waals surface area contributed by atoms with Crippen LogP contribution in [0.4, 0.5) is 0 Å². The number of carbonyl (C=O) groups excluding carboxylic acids is 2. The predicted octanol–water partition coefficient (Wildman–Crippen LogP) is 1.25. The summed E-state index contributed by atoms with van der Waals surface area (Å²) in [5.74, 6) is -0.384. The average Bonchev–Trinajstić information content (AvgIpc) is 2.01. The monoisotopic (exact) mass is 168 g/mol. The van der Waals surface area contributed by atoms with Crippen LogP contribution in [-0.4, -0.2) is 18.9 Å². The average molecular weight is 168 g/mol. The van der Waals surface area contributed by atoms with Gasteiger partial charge in [0.25, 0.3) is 0 Å². The molecule has 0 fully saturated rings. The van der Waals surface area contributed by atoms with Crippen molar-refractivity contribution in [1.82, 2.24) is 0 Å². The summed E-state index contributed by atoms with van der Waals surface area (Å²) in [6.07, 6.45) is 4.86. The van der Waals surface area contributed by atoms with E-state index in [4.69, 9.17) is 0 Å². The van der Waals surface area contributed by atoms with Gasteiger partial charge in [-0.1, -0.05) is 6.08 Å². The molecule has 0 heterocycles. The smallest absolute Gasteiger partial charge is 0.330 e. The third kappa shape index (κ3) is 5.41. The molecule has 0 atom stereocenters. The molecule has 0 aliphatic heterocycles. The molecule has 3 heteroatoms. The maximum absolute atomic E-state index is 10.8. The first-order chi connectivity index (χ1) is 5.70. The molecule has 0 saturated heterocycles. The first kappa shape index (κ1) is 10.6. The fraction of sp³-hybridized carbons (Fsp3) is 0.333. The van der Waals surface area contributed by atoms with Crippen molar-refractivity contribution in [2.75, 3.05) is 6.61 Å². The van der Waals surface area contributed by atoms with Gasteiger partial charge in [0.15, 0.2) is 0 Å². The number of rotatable bonds is 4. The number of ether oxygens (including phenoxy) is 1. The molecule has 0 amide bonds. The SMILES string of the molecule is CCOC(=O)C=C(C)C=CC=O. The summed E-state index contributed by atoms with van der Waals surface area (Å²) >= 11 is 0. The zero-order chi connectivity index (χ0) is 9.40. The lowest BCUT2D eigenvalue weighted by Crippen LogP contribution is -1.99. The first-order valence-corrected chi connectivity index (χ1v) is 3.67. The second kappa shape index (κ2) is 6.34. The van der Waals surface area contributed by atoms with E-state index in [0.29, 0.717) is 18.5 Å². The minimum Gasteiger partial charge on any atom is -0.463 e. The van der Waals surface area contributed by atoms with Crippen molar-refractivity contribution in [3.05, 3.63) is 23.8 Å². The zero-order valence-electron chi connectivity index (χ0n) is 7.24. The van der Waals surface area contributed by atoms with Crippen LogP contribution in [0.25, 0.3) is 0 Å². The van der Waals surface area contributed by atoms with E-state index >= 15 is 0 Å². The highest BCUT2D eigenvalue weighted by Gasteiger charge is 1.94. The summed E-state index contributed by atoms with van der Waals surface area (Å²) in [4.78, 5) is 20.7. The van der Waals surface area contributed by atoms with Gasteiger partial charge in [-0.25, -0.2) is 4.79 Å². The zero-order valence-corrected chi connectivity index (χ0v) is 7.24. The van der Waals surface area contributed by atoms with Crippen molar-refractivity contribution < 1.29 is 14.3 Å². The maximum Gasteiger partial charge on any atom is 0.330 e. The lowest BCUT2D eigenvalue weighted by Gasteiger charge is -1.95. The van der Waals surface area contributed by atoms with Crippen LogP contribution < -0.4 is 0 Å². The highest BCUT2D eigenvalue weighted by atomic mass is 16.5. The molecule has 0 rings (SSSR count). The molecule has 3 nitrogen and oxygen atoms in total. The van der Waals surface area contributed by atoms with Crippen molar-refractivity contribution in [1.29, 1.82) is 0 Å². The molecule has 0 saturated carbocycles. The molecule has 0 unspecified atom stereocenters. The minimum absolute atomic E-state index is 0.361. The fourth-order valence-corrected chi connectivity index (χ4v) is 0.609. The molecule has 66 valence electrons. The Labute approximate surface area is 71.7 Å². The Kier molecular flexibility index (Phi) is 5.61. The molecule has 0 aliphatic rings. The molecule has 0 aliphatic carbocycles. The van der Waals surface area contributed by atoms with Gasteiger partial charge in [0, 0.05) is 6.08 Å². The Morgan fingerprint density at radius 1 is 1.50 bits per heavy atom. The summed E-state index contributed by atoms with van der Waals surface area (Å²) in [6, 6.07) is 0. The molecular weight excluding hydrogens is 156 g/mol. The third-order valence-electron chi connectivity index (χ3n) is 1.07. The van der Waals surface area contributed by atoms with E-state index in [0.717, 1.165) is 0 Å². The van der Waals surface area contributed by atoms with E-state index in [1.54, 1.807) is 19.9 Å². The van der Waals surface area contributed by atoms with Crippen molar-refractivity contribution in [3.8, 4) is 0 Å². The fourth-order valence-electron chi connectivity index (χ4n) is 0.609. The maximum atomic E-state index is 10.8. The largest absolute Gasteiger partial charge is 0.463 e. The summed E-state index contributed by atoms with van der Waals surface area (Å²) in [5.41, 5.74) is 0.695. The molecule has 0 N–H and O–H groups in total. The van der Waals surface area contributed by atoms with Crippen LogP contribution in [0.3, 0.4) is 0 Å². The van der Waals surface area contributed by atoms with E-state index in [9.17, 15) is 9.59 Å². The van der Waals surface area contributed by atoms with Crippen molar-refractivity contribution >= 4 is 12.3 Å². The van der Waals surface area contributed by atoms with E-state index < -0.39 is 0 Å². The van der Waals surface area contributed by atoms with Crippen molar-refractivity contribution in [3.63, 3.8) is 0 Å². The van der Waals surface area contributed by atoms with Crippen LogP contribution in [0.15, 0.2) is 23.8 Å². The summed E-state index contributed by atoms with van der Waals surface area (Å²) in [7, 11) is 0. The van der Waals surface area contributed by atoms with Crippen LogP contribution in [0.2, 0.25) is 0 Å². The standard InChI is InChI=1S/C9H12O3/c1-3-12-9(11)7-8(2)5-4-6-10/h4-7H,3H2,1-2H3. The van der Waals surface area contributed by atoms with Gasteiger partial charge in [-0.05, 0) is 25.5 Å². The first-order valence-electron chi connectivity index (χ1n) is 3.67. The highest BCUT2D eigenvalue weighted by Crippen LogP contribution is 1.94.